The Kier molecular flexibility index (Phi) is 7.47. The SMILES string of the molecule is COCCNC(=O)c1ccc(CN2C(=O)COc3ccc(C(=O)COc4cccc(C)c4)cc32)o1. The van der Waals surface area contributed by atoms with Crippen LogP contribution in [0.4, 0.5) is 5.69 Å². The summed E-state index contributed by atoms with van der Waals surface area (Å²) < 4.78 is 21.7. The molecule has 0 saturated carbocycles. The van der Waals surface area contributed by atoms with E-state index in [1.165, 1.54) is 4.90 Å². The number of carbonyl (C=O) groups is 3. The fourth-order valence-corrected chi connectivity index (χ4v) is 3.58. The predicted octanol–water partition coefficient (Wildman–Crippen LogP) is 3.15. The van der Waals surface area contributed by atoms with Gasteiger partial charge in [0.25, 0.3) is 11.8 Å². The summed E-state index contributed by atoms with van der Waals surface area (Å²) in [6.07, 6.45) is 0. The van der Waals surface area contributed by atoms with Crippen molar-refractivity contribution in [3.63, 3.8) is 0 Å². The highest BCUT2D eigenvalue weighted by molar-refractivity contribution is 6.02. The number of rotatable bonds is 10. The van der Waals surface area contributed by atoms with Crippen molar-refractivity contribution >= 4 is 23.3 Å². The molecular formula is C26H26N2O7. The fraction of sp³-hybridized carbons (Fsp3) is 0.269. The molecule has 3 aromatic rings. The molecule has 1 aliphatic heterocycles. The van der Waals surface area contributed by atoms with Crippen LogP contribution in [-0.2, 0) is 16.1 Å². The minimum atomic E-state index is -0.372. The number of nitrogens with zero attached hydrogens (tertiary/aromatic N) is 1. The molecule has 2 aromatic carbocycles. The zero-order valence-corrected chi connectivity index (χ0v) is 19.5. The van der Waals surface area contributed by atoms with Gasteiger partial charge in [0, 0.05) is 19.2 Å². The predicted molar refractivity (Wildman–Crippen MR) is 127 cm³/mol. The maximum Gasteiger partial charge on any atom is 0.287 e. The second kappa shape index (κ2) is 10.9. The second-order valence-electron chi connectivity index (χ2n) is 7.99. The number of hydrogen-bond acceptors (Lipinski definition) is 7. The smallest absolute Gasteiger partial charge is 0.287 e. The van der Waals surface area contributed by atoms with Gasteiger partial charge in [0.05, 0.1) is 18.8 Å². The Morgan fingerprint density at radius 3 is 2.77 bits per heavy atom. The van der Waals surface area contributed by atoms with Gasteiger partial charge in [-0.1, -0.05) is 12.1 Å². The molecule has 1 aromatic heterocycles. The van der Waals surface area contributed by atoms with E-state index < -0.39 is 0 Å². The summed E-state index contributed by atoms with van der Waals surface area (Å²) in [6.45, 7) is 2.48. The van der Waals surface area contributed by atoms with Crippen LogP contribution in [0.25, 0.3) is 0 Å². The summed E-state index contributed by atoms with van der Waals surface area (Å²) in [7, 11) is 1.55. The minimum absolute atomic E-state index is 0.0813. The zero-order chi connectivity index (χ0) is 24.8. The van der Waals surface area contributed by atoms with E-state index >= 15 is 0 Å². The maximum absolute atomic E-state index is 12.8. The Labute approximate surface area is 202 Å². The minimum Gasteiger partial charge on any atom is -0.485 e. The normalized spacial score (nSPS) is 12.6. The summed E-state index contributed by atoms with van der Waals surface area (Å²) >= 11 is 0. The highest BCUT2D eigenvalue weighted by Crippen LogP contribution is 2.34. The van der Waals surface area contributed by atoms with Gasteiger partial charge in [-0.25, -0.2) is 0 Å². The van der Waals surface area contributed by atoms with Crippen molar-refractivity contribution in [3.8, 4) is 11.5 Å². The lowest BCUT2D eigenvalue weighted by atomic mass is 10.1. The van der Waals surface area contributed by atoms with Crippen LogP contribution in [0.15, 0.2) is 59.0 Å². The van der Waals surface area contributed by atoms with Crippen molar-refractivity contribution < 1.29 is 33.0 Å². The van der Waals surface area contributed by atoms with Gasteiger partial charge >= 0.3 is 0 Å². The van der Waals surface area contributed by atoms with Crippen LogP contribution in [0.2, 0.25) is 0 Å². The lowest BCUT2D eigenvalue weighted by Crippen LogP contribution is -2.38. The van der Waals surface area contributed by atoms with E-state index in [0.717, 1.165) is 5.56 Å². The summed E-state index contributed by atoms with van der Waals surface area (Å²) in [5.74, 6) is 0.738. The molecule has 0 bridgehead atoms. The number of furan rings is 1. The summed E-state index contributed by atoms with van der Waals surface area (Å²) in [4.78, 5) is 39.1. The van der Waals surface area contributed by atoms with Crippen LogP contribution in [-0.4, -0.2) is 51.1 Å². The van der Waals surface area contributed by atoms with Gasteiger partial charge < -0.3 is 23.9 Å². The van der Waals surface area contributed by atoms with E-state index in [1.54, 1.807) is 43.5 Å². The van der Waals surface area contributed by atoms with Crippen LogP contribution < -0.4 is 19.7 Å². The molecule has 0 unspecified atom stereocenters. The van der Waals surface area contributed by atoms with E-state index in [4.69, 9.17) is 18.6 Å². The highest BCUT2D eigenvalue weighted by Gasteiger charge is 2.28. The van der Waals surface area contributed by atoms with Crippen molar-refractivity contribution in [1.82, 2.24) is 5.32 Å². The van der Waals surface area contributed by atoms with E-state index in [0.29, 0.717) is 41.7 Å². The number of Topliss-reactive ketones (excluding diaryl/α,β-unsaturated/α-hetero) is 1. The summed E-state index contributed by atoms with van der Waals surface area (Å²) in [6, 6.07) is 15.5. The molecule has 4 rings (SSSR count). The third-order valence-corrected chi connectivity index (χ3v) is 5.37. The number of nitrogens with one attached hydrogen (secondary N) is 1. The number of fused-ring (bicyclic) bond motifs is 1. The molecule has 0 atom stereocenters. The number of anilines is 1. The first kappa shape index (κ1) is 24.0. The molecule has 1 N–H and O–H groups in total. The molecule has 0 radical (unpaired) electrons. The second-order valence-corrected chi connectivity index (χ2v) is 7.99. The lowest BCUT2D eigenvalue weighted by Gasteiger charge is -2.29. The Morgan fingerprint density at radius 1 is 1.11 bits per heavy atom. The zero-order valence-electron chi connectivity index (χ0n) is 19.5. The summed E-state index contributed by atoms with van der Waals surface area (Å²) in [5, 5.41) is 2.68. The third kappa shape index (κ3) is 5.88. The number of aryl methyl sites for hydroxylation is 1. The van der Waals surface area contributed by atoms with E-state index in [1.807, 2.05) is 25.1 Å². The monoisotopic (exact) mass is 478 g/mol. The largest absolute Gasteiger partial charge is 0.485 e. The van der Waals surface area contributed by atoms with Gasteiger partial charge in [-0.2, -0.15) is 0 Å². The van der Waals surface area contributed by atoms with Crippen molar-refractivity contribution in [1.29, 1.82) is 0 Å². The highest BCUT2D eigenvalue weighted by atomic mass is 16.5. The molecule has 1 aliphatic rings. The quantitative estimate of drug-likeness (QED) is 0.352. The van der Waals surface area contributed by atoms with Crippen molar-refractivity contribution in [2.75, 3.05) is 38.4 Å². The Hall–Kier alpha value is -4.11. The molecule has 2 heterocycles. The molecule has 2 amide bonds. The molecule has 0 spiro atoms. The van der Waals surface area contributed by atoms with Crippen molar-refractivity contribution in [3.05, 3.63) is 77.2 Å². The molecule has 9 heteroatoms. The van der Waals surface area contributed by atoms with Crippen LogP contribution >= 0.6 is 0 Å². The van der Waals surface area contributed by atoms with E-state index in [-0.39, 0.29) is 43.1 Å². The summed E-state index contributed by atoms with van der Waals surface area (Å²) in [5.41, 5.74) is 1.87. The molecule has 0 fully saturated rings. The molecular weight excluding hydrogens is 452 g/mol. The molecule has 0 saturated heterocycles. The maximum atomic E-state index is 12.8. The molecule has 182 valence electrons. The number of hydrogen-bond donors (Lipinski definition) is 1. The van der Waals surface area contributed by atoms with Crippen molar-refractivity contribution in [2.45, 2.75) is 13.5 Å². The average molecular weight is 479 g/mol. The number of methoxy groups -OCH3 is 1. The van der Waals surface area contributed by atoms with Gasteiger partial charge in [-0.05, 0) is 55.0 Å². The third-order valence-electron chi connectivity index (χ3n) is 5.37. The van der Waals surface area contributed by atoms with Gasteiger partial charge in [0.15, 0.2) is 24.8 Å². The number of carbonyl (C=O) groups excluding carboxylic acids is 3. The molecule has 0 aliphatic carbocycles. The molecule has 35 heavy (non-hydrogen) atoms. The van der Waals surface area contributed by atoms with Gasteiger partial charge in [0.2, 0.25) is 0 Å². The first-order valence-electron chi connectivity index (χ1n) is 11.1. The Balaban J connectivity index is 1.47. The van der Waals surface area contributed by atoms with Crippen LogP contribution in [0.3, 0.4) is 0 Å². The standard InChI is InChI=1S/C26H26N2O7/c1-17-4-3-5-19(12-17)33-15-22(29)18-6-8-23-21(13-18)28(25(30)16-34-23)14-20-7-9-24(35-20)26(31)27-10-11-32-2/h3-9,12-13H,10-11,14-16H2,1-2H3,(H,27,31). The number of ketones is 1. The first-order chi connectivity index (χ1) is 16.9. The Morgan fingerprint density at radius 2 is 1.97 bits per heavy atom. The first-order valence-corrected chi connectivity index (χ1v) is 11.1. The van der Waals surface area contributed by atoms with E-state index in [2.05, 4.69) is 5.32 Å². The number of amides is 2. The van der Waals surface area contributed by atoms with E-state index in [9.17, 15) is 14.4 Å². The van der Waals surface area contributed by atoms with Crippen molar-refractivity contribution in [2.24, 2.45) is 0 Å². The van der Waals surface area contributed by atoms with Crippen LogP contribution in [0, 0.1) is 6.92 Å². The van der Waals surface area contributed by atoms with Gasteiger partial charge in [-0.3, -0.25) is 19.3 Å². The van der Waals surface area contributed by atoms with Gasteiger partial charge in [-0.15, -0.1) is 0 Å². The van der Waals surface area contributed by atoms with Gasteiger partial charge in [0.1, 0.15) is 17.3 Å². The Bertz CT molecular complexity index is 1230. The topological polar surface area (TPSA) is 107 Å². The number of benzene rings is 2. The average Bonchev–Trinajstić information content (AvgIpc) is 3.33. The number of ether oxygens (including phenoxy) is 3. The molecule has 9 nitrogen and oxygen atoms in total. The lowest BCUT2D eigenvalue weighted by molar-refractivity contribution is -0.121. The van der Waals surface area contributed by atoms with Crippen LogP contribution in [0.5, 0.6) is 11.5 Å². The fourth-order valence-electron chi connectivity index (χ4n) is 3.58. The van der Waals surface area contributed by atoms with Crippen LogP contribution in [0.1, 0.15) is 32.2 Å².